The van der Waals surface area contributed by atoms with Crippen molar-refractivity contribution in [3.63, 3.8) is 0 Å². The highest BCUT2D eigenvalue weighted by atomic mass is 79.9. The normalized spacial score (nSPS) is 11.6. The Balaban J connectivity index is 3.39. The van der Waals surface area contributed by atoms with Gasteiger partial charge in [0.05, 0.1) is 5.02 Å². The second kappa shape index (κ2) is 3.27. The standard InChI is InChI=1S/C5H2BrClFNO2S/c6-3-1-4(7)5(9-2-3)12(8,10)11/h1-2H. The first-order valence-electron chi connectivity index (χ1n) is 2.67. The molecule has 7 heteroatoms. The van der Waals surface area contributed by atoms with Crippen LogP contribution in [0.2, 0.25) is 5.02 Å². The van der Waals surface area contributed by atoms with Gasteiger partial charge in [-0.25, -0.2) is 4.98 Å². The zero-order chi connectivity index (χ0) is 9.35. The summed E-state index contributed by atoms with van der Waals surface area (Å²) in [5.41, 5.74) is 0. The lowest BCUT2D eigenvalue weighted by molar-refractivity contribution is 0.548. The molecule has 0 atom stereocenters. The van der Waals surface area contributed by atoms with Gasteiger partial charge in [-0.1, -0.05) is 15.5 Å². The molecule has 1 rings (SSSR count). The van der Waals surface area contributed by atoms with Crippen molar-refractivity contribution in [1.82, 2.24) is 4.98 Å². The molecule has 0 aromatic carbocycles. The van der Waals surface area contributed by atoms with E-state index >= 15 is 0 Å². The van der Waals surface area contributed by atoms with Crippen LogP contribution in [0.5, 0.6) is 0 Å². The molecule has 0 saturated heterocycles. The molecule has 0 amide bonds. The fourth-order valence-corrected chi connectivity index (χ4v) is 1.96. The van der Waals surface area contributed by atoms with Crippen molar-refractivity contribution in [3.05, 3.63) is 21.8 Å². The maximum atomic E-state index is 12.3. The van der Waals surface area contributed by atoms with Crippen molar-refractivity contribution in [3.8, 4) is 0 Å². The quantitative estimate of drug-likeness (QED) is 0.737. The Hall–Kier alpha value is -0.200. The summed E-state index contributed by atoms with van der Waals surface area (Å²) in [6.07, 6.45) is 1.15. The van der Waals surface area contributed by atoms with Gasteiger partial charge in [0.1, 0.15) is 0 Å². The van der Waals surface area contributed by atoms with Crippen LogP contribution in [0, 0.1) is 0 Å². The fraction of sp³-hybridized carbons (Fsp3) is 0. The van der Waals surface area contributed by atoms with Gasteiger partial charge in [-0.2, -0.15) is 8.42 Å². The second-order valence-corrected chi connectivity index (χ2v) is 4.46. The number of pyridine rings is 1. The summed E-state index contributed by atoms with van der Waals surface area (Å²) in [6.45, 7) is 0. The summed E-state index contributed by atoms with van der Waals surface area (Å²) in [5, 5.41) is -1.00. The first-order chi connectivity index (χ1) is 5.41. The van der Waals surface area contributed by atoms with Gasteiger partial charge in [-0.3, -0.25) is 0 Å². The van der Waals surface area contributed by atoms with Crippen LogP contribution in [0.3, 0.4) is 0 Å². The molecule has 0 fully saturated rings. The Morgan fingerprint density at radius 3 is 2.58 bits per heavy atom. The van der Waals surface area contributed by atoms with E-state index in [9.17, 15) is 12.3 Å². The predicted octanol–water partition coefficient (Wildman–Crippen LogP) is 2.16. The Kier molecular flexibility index (Phi) is 2.70. The molecule has 12 heavy (non-hydrogen) atoms. The molecule has 1 aromatic heterocycles. The minimum absolute atomic E-state index is 0.244. The van der Waals surface area contributed by atoms with E-state index in [-0.39, 0.29) is 5.02 Å². The van der Waals surface area contributed by atoms with E-state index in [1.807, 2.05) is 0 Å². The third-order valence-corrected chi connectivity index (χ3v) is 2.63. The van der Waals surface area contributed by atoms with Crippen molar-refractivity contribution in [2.24, 2.45) is 0 Å². The van der Waals surface area contributed by atoms with Gasteiger partial charge < -0.3 is 0 Å². The minimum atomic E-state index is -4.81. The Labute approximate surface area is 81.9 Å². The molecule has 0 saturated carbocycles. The molecule has 0 aliphatic rings. The molecule has 1 aromatic rings. The van der Waals surface area contributed by atoms with E-state index in [4.69, 9.17) is 11.6 Å². The van der Waals surface area contributed by atoms with E-state index in [2.05, 4.69) is 20.9 Å². The van der Waals surface area contributed by atoms with Crippen LogP contribution < -0.4 is 0 Å². The smallest absolute Gasteiger partial charge is 0.240 e. The topological polar surface area (TPSA) is 47.0 Å². The average molecular weight is 274 g/mol. The molecule has 0 aliphatic heterocycles. The molecule has 0 spiro atoms. The summed E-state index contributed by atoms with van der Waals surface area (Å²) in [6, 6.07) is 1.25. The summed E-state index contributed by atoms with van der Waals surface area (Å²) >= 11 is 8.40. The third kappa shape index (κ3) is 2.15. The lowest BCUT2D eigenvalue weighted by Crippen LogP contribution is -1.96. The Morgan fingerprint density at radius 1 is 1.58 bits per heavy atom. The molecule has 0 bridgehead atoms. The molecule has 0 unspecified atom stereocenters. The first kappa shape index (κ1) is 9.88. The lowest BCUT2D eigenvalue weighted by Gasteiger charge is -1.96. The molecule has 66 valence electrons. The van der Waals surface area contributed by atoms with E-state index in [1.165, 1.54) is 6.07 Å². The molecular formula is C5H2BrClFNO2S. The predicted molar refractivity (Wildman–Crippen MR) is 45.2 cm³/mol. The zero-order valence-corrected chi connectivity index (χ0v) is 8.62. The zero-order valence-electron chi connectivity index (χ0n) is 5.46. The van der Waals surface area contributed by atoms with Crippen molar-refractivity contribution < 1.29 is 12.3 Å². The highest BCUT2D eigenvalue weighted by Gasteiger charge is 2.18. The van der Waals surface area contributed by atoms with Gasteiger partial charge in [0.2, 0.25) is 5.03 Å². The third-order valence-electron chi connectivity index (χ3n) is 1.01. The van der Waals surface area contributed by atoms with Crippen LogP contribution in [0.4, 0.5) is 3.89 Å². The van der Waals surface area contributed by atoms with Gasteiger partial charge >= 0.3 is 10.2 Å². The van der Waals surface area contributed by atoms with E-state index in [1.54, 1.807) is 0 Å². The van der Waals surface area contributed by atoms with Gasteiger partial charge in [-0.05, 0) is 22.0 Å². The number of hydrogen-bond donors (Lipinski definition) is 0. The second-order valence-electron chi connectivity index (χ2n) is 1.88. The van der Waals surface area contributed by atoms with Crippen LogP contribution in [0.1, 0.15) is 0 Å². The summed E-state index contributed by atoms with van der Waals surface area (Å²) < 4.78 is 33.5. The van der Waals surface area contributed by atoms with Crippen molar-refractivity contribution >= 4 is 37.8 Å². The van der Waals surface area contributed by atoms with Crippen LogP contribution in [0.15, 0.2) is 21.8 Å². The molecule has 3 nitrogen and oxygen atoms in total. The maximum Gasteiger partial charge on any atom is 0.351 e. The van der Waals surface area contributed by atoms with Gasteiger partial charge in [0.15, 0.2) is 0 Å². The van der Waals surface area contributed by atoms with Crippen molar-refractivity contribution in [2.45, 2.75) is 5.03 Å². The lowest BCUT2D eigenvalue weighted by atomic mass is 10.5. The van der Waals surface area contributed by atoms with E-state index in [0.29, 0.717) is 4.47 Å². The van der Waals surface area contributed by atoms with Gasteiger partial charge in [0.25, 0.3) is 0 Å². The number of aromatic nitrogens is 1. The van der Waals surface area contributed by atoms with Crippen molar-refractivity contribution in [2.75, 3.05) is 0 Å². The number of rotatable bonds is 1. The molecule has 0 aliphatic carbocycles. The average Bonchev–Trinajstić information content (AvgIpc) is 1.83. The Bertz CT molecular complexity index is 408. The fourth-order valence-electron chi connectivity index (χ4n) is 0.581. The summed E-state index contributed by atoms with van der Waals surface area (Å²) in [4.78, 5) is 3.31. The SMILES string of the molecule is O=S(=O)(F)c1ncc(Br)cc1Cl. The highest BCUT2D eigenvalue weighted by molar-refractivity contribution is 9.10. The van der Waals surface area contributed by atoms with E-state index in [0.717, 1.165) is 6.20 Å². The highest BCUT2D eigenvalue weighted by Crippen LogP contribution is 2.23. The number of halogens is 3. The van der Waals surface area contributed by atoms with Crippen LogP contribution in [-0.2, 0) is 10.2 Å². The van der Waals surface area contributed by atoms with Crippen LogP contribution in [0.25, 0.3) is 0 Å². The maximum absolute atomic E-state index is 12.3. The van der Waals surface area contributed by atoms with Crippen molar-refractivity contribution in [1.29, 1.82) is 0 Å². The molecule has 1 heterocycles. The minimum Gasteiger partial charge on any atom is -0.240 e. The van der Waals surface area contributed by atoms with Crippen LogP contribution in [-0.4, -0.2) is 13.4 Å². The molecule has 0 radical (unpaired) electrons. The number of nitrogens with zero attached hydrogens (tertiary/aromatic N) is 1. The monoisotopic (exact) mass is 273 g/mol. The summed E-state index contributed by atoms with van der Waals surface area (Å²) in [7, 11) is -4.81. The number of hydrogen-bond acceptors (Lipinski definition) is 3. The largest absolute Gasteiger partial charge is 0.351 e. The van der Waals surface area contributed by atoms with E-state index < -0.39 is 15.2 Å². The van der Waals surface area contributed by atoms with Crippen LogP contribution >= 0.6 is 27.5 Å². The molecular weight excluding hydrogens is 272 g/mol. The Morgan fingerprint density at radius 2 is 2.17 bits per heavy atom. The molecule has 0 N–H and O–H groups in total. The van der Waals surface area contributed by atoms with Gasteiger partial charge in [-0.15, -0.1) is 0 Å². The van der Waals surface area contributed by atoms with Gasteiger partial charge in [0, 0.05) is 10.7 Å². The summed E-state index contributed by atoms with van der Waals surface area (Å²) in [5.74, 6) is 0. The first-order valence-corrected chi connectivity index (χ1v) is 5.22.